The number of fused-ring (bicyclic) bond motifs is 2. The number of nitrogens with zero attached hydrogens (tertiary/aromatic N) is 1. The van der Waals surface area contributed by atoms with Gasteiger partial charge in [0.05, 0.1) is 13.5 Å². The largest absolute Gasteiger partial charge is 0.469 e. The molecule has 3 nitrogen and oxygen atoms in total. The average Bonchev–Trinajstić information content (AvgIpc) is 2.79. The van der Waals surface area contributed by atoms with Gasteiger partial charge in [0, 0.05) is 12.1 Å². The van der Waals surface area contributed by atoms with Crippen LogP contribution in [0, 0.1) is 17.8 Å². The molecule has 1 aromatic carbocycles. The molecule has 3 rings (SSSR count). The van der Waals surface area contributed by atoms with Gasteiger partial charge in [0.1, 0.15) is 0 Å². The summed E-state index contributed by atoms with van der Waals surface area (Å²) in [5.41, 5.74) is 1.39. The van der Waals surface area contributed by atoms with Gasteiger partial charge in [0.25, 0.3) is 0 Å². The molecule has 5 atom stereocenters. The van der Waals surface area contributed by atoms with Crippen LogP contribution in [-0.4, -0.2) is 37.1 Å². The number of rotatable bonds is 5. The Kier molecular flexibility index (Phi) is 5.05. The number of hydrogen-bond donors (Lipinski definition) is 0. The van der Waals surface area contributed by atoms with Crippen molar-refractivity contribution in [3.05, 3.63) is 35.9 Å². The molecule has 2 bridgehead atoms. The molecule has 0 saturated carbocycles. The number of carbonyl (C=O) groups is 1. The Morgan fingerprint density at radius 2 is 1.87 bits per heavy atom. The second kappa shape index (κ2) is 7.04. The lowest BCUT2D eigenvalue weighted by molar-refractivity contribution is -0.143. The van der Waals surface area contributed by atoms with Crippen molar-refractivity contribution in [1.29, 1.82) is 0 Å². The Bertz CT molecular complexity index is 530. The maximum Gasteiger partial charge on any atom is 0.305 e. The zero-order valence-corrected chi connectivity index (χ0v) is 14.6. The minimum atomic E-state index is -0.0557. The Balaban J connectivity index is 1.82. The summed E-state index contributed by atoms with van der Waals surface area (Å²) < 4.78 is 4.99. The first kappa shape index (κ1) is 16.5. The molecule has 2 aliphatic heterocycles. The van der Waals surface area contributed by atoms with Gasteiger partial charge in [-0.15, -0.1) is 0 Å². The average molecular weight is 315 g/mol. The Morgan fingerprint density at radius 1 is 1.17 bits per heavy atom. The van der Waals surface area contributed by atoms with Gasteiger partial charge in [-0.1, -0.05) is 43.7 Å². The van der Waals surface area contributed by atoms with Crippen molar-refractivity contribution < 1.29 is 9.53 Å². The van der Waals surface area contributed by atoms with Gasteiger partial charge in [-0.25, -0.2) is 0 Å². The topological polar surface area (TPSA) is 29.5 Å². The van der Waals surface area contributed by atoms with Crippen LogP contribution >= 0.6 is 0 Å². The summed E-state index contributed by atoms with van der Waals surface area (Å²) in [5.74, 6) is 1.73. The zero-order chi connectivity index (χ0) is 16.4. The van der Waals surface area contributed by atoms with E-state index in [0.717, 1.165) is 12.3 Å². The molecular weight excluding hydrogens is 286 g/mol. The summed E-state index contributed by atoms with van der Waals surface area (Å²) in [7, 11) is 3.77. The first-order valence-corrected chi connectivity index (χ1v) is 8.96. The van der Waals surface area contributed by atoms with E-state index in [2.05, 4.69) is 49.2 Å². The maximum absolute atomic E-state index is 12.0. The molecule has 2 saturated heterocycles. The lowest BCUT2D eigenvalue weighted by Crippen LogP contribution is -2.48. The zero-order valence-electron chi connectivity index (χ0n) is 14.6. The number of ether oxygens (including phenoxy) is 1. The van der Waals surface area contributed by atoms with Crippen molar-refractivity contribution >= 4 is 5.97 Å². The molecule has 2 heterocycles. The summed E-state index contributed by atoms with van der Waals surface area (Å²) in [6, 6.07) is 12.0. The van der Waals surface area contributed by atoms with Crippen LogP contribution in [0.25, 0.3) is 0 Å². The molecule has 1 aromatic rings. The Hall–Kier alpha value is -1.35. The van der Waals surface area contributed by atoms with Crippen LogP contribution in [0.15, 0.2) is 30.3 Å². The number of methoxy groups -OCH3 is 1. The third kappa shape index (κ3) is 3.30. The summed E-state index contributed by atoms with van der Waals surface area (Å²) in [4.78, 5) is 14.5. The van der Waals surface area contributed by atoms with Crippen LogP contribution in [0.2, 0.25) is 0 Å². The van der Waals surface area contributed by atoms with Crippen LogP contribution in [0.4, 0.5) is 0 Å². The Morgan fingerprint density at radius 3 is 2.52 bits per heavy atom. The van der Waals surface area contributed by atoms with Crippen LogP contribution in [0.3, 0.4) is 0 Å². The maximum atomic E-state index is 12.0. The summed E-state index contributed by atoms with van der Waals surface area (Å²) >= 11 is 0. The second-order valence-corrected chi connectivity index (χ2v) is 7.33. The molecule has 0 N–H and O–H groups in total. The van der Waals surface area contributed by atoms with E-state index in [0.29, 0.717) is 30.3 Å². The van der Waals surface area contributed by atoms with Gasteiger partial charge in [-0.05, 0) is 49.6 Å². The molecule has 0 aromatic heterocycles. The van der Waals surface area contributed by atoms with Crippen LogP contribution < -0.4 is 0 Å². The highest BCUT2D eigenvalue weighted by Gasteiger charge is 2.49. The van der Waals surface area contributed by atoms with E-state index in [1.54, 1.807) is 0 Å². The predicted octanol–water partition coefficient (Wildman–Crippen LogP) is 3.53. The molecule has 0 radical (unpaired) electrons. The van der Waals surface area contributed by atoms with E-state index in [4.69, 9.17) is 4.74 Å². The number of carbonyl (C=O) groups excluding carboxylic acids is 1. The van der Waals surface area contributed by atoms with Crippen LogP contribution in [-0.2, 0) is 16.0 Å². The normalized spacial score (nSPS) is 33.6. The molecule has 0 unspecified atom stereocenters. The third-order valence-corrected chi connectivity index (χ3v) is 6.27. The standard InChI is InChI=1S/C20H29NO2/c1-4-15-11-19-17(13-20(22)23-3)16(12-18(15)21(19)2)10-14-8-6-5-7-9-14/h5-9,15-19H,4,10-13H2,1-3H3/t15-,16+,17+,18-,19-/m1/s1. The minimum Gasteiger partial charge on any atom is -0.469 e. The third-order valence-electron chi connectivity index (χ3n) is 6.27. The van der Waals surface area contributed by atoms with Gasteiger partial charge in [0.15, 0.2) is 0 Å². The van der Waals surface area contributed by atoms with E-state index in [1.807, 2.05) is 0 Å². The molecule has 3 heteroatoms. The van der Waals surface area contributed by atoms with Gasteiger partial charge in [-0.3, -0.25) is 9.69 Å². The number of hydrogen-bond acceptors (Lipinski definition) is 3. The molecule has 23 heavy (non-hydrogen) atoms. The molecule has 126 valence electrons. The van der Waals surface area contributed by atoms with E-state index in [1.165, 1.54) is 31.9 Å². The Labute approximate surface area is 140 Å². The monoisotopic (exact) mass is 315 g/mol. The summed E-state index contributed by atoms with van der Waals surface area (Å²) in [6.45, 7) is 2.31. The molecular formula is C20H29NO2. The number of benzene rings is 1. The number of piperidine rings is 1. The van der Waals surface area contributed by atoms with Gasteiger partial charge >= 0.3 is 5.97 Å². The molecule has 0 aliphatic carbocycles. The van der Waals surface area contributed by atoms with Crippen molar-refractivity contribution in [2.45, 2.75) is 51.1 Å². The molecule has 0 spiro atoms. The van der Waals surface area contributed by atoms with E-state index in [-0.39, 0.29) is 5.97 Å². The molecule has 2 aliphatic rings. The lowest BCUT2D eigenvalue weighted by Gasteiger charge is -2.43. The van der Waals surface area contributed by atoms with Crippen molar-refractivity contribution in [2.75, 3.05) is 14.2 Å². The van der Waals surface area contributed by atoms with E-state index >= 15 is 0 Å². The van der Waals surface area contributed by atoms with E-state index in [9.17, 15) is 4.79 Å². The quantitative estimate of drug-likeness (QED) is 0.779. The molecule has 0 amide bonds. The SMILES string of the molecule is CC[C@@H]1C[C@@H]2[C@@H](CC(=O)OC)[C@@H](Cc3ccccc3)C[C@H]1N2C. The summed E-state index contributed by atoms with van der Waals surface area (Å²) in [5, 5.41) is 0. The van der Waals surface area contributed by atoms with Gasteiger partial charge in [-0.2, -0.15) is 0 Å². The predicted molar refractivity (Wildman–Crippen MR) is 92.1 cm³/mol. The minimum absolute atomic E-state index is 0.0557. The smallest absolute Gasteiger partial charge is 0.305 e. The lowest BCUT2D eigenvalue weighted by atomic mass is 9.75. The summed E-state index contributed by atoms with van der Waals surface area (Å²) in [6.07, 6.45) is 5.34. The first-order chi connectivity index (χ1) is 11.1. The second-order valence-electron chi connectivity index (χ2n) is 7.33. The van der Waals surface area contributed by atoms with Crippen molar-refractivity contribution in [3.8, 4) is 0 Å². The fourth-order valence-electron chi connectivity index (χ4n) is 5.02. The highest BCUT2D eigenvalue weighted by molar-refractivity contribution is 5.69. The van der Waals surface area contributed by atoms with Crippen LogP contribution in [0.5, 0.6) is 0 Å². The highest BCUT2D eigenvalue weighted by Crippen LogP contribution is 2.47. The van der Waals surface area contributed by atoms with E-state index < -0.39 is 0 Å². The highest BCUT2D eigenvalue weighted by atomic mass is 16.5. The molecule has 2 fully saturated rings. The van der Waals surface area contributed by atoms with Crippen molar-refractivity contribution in [3.63, 3.8) is 0 Å². The van der Waals surface area contributed by atoms with Crippen molar-refractivity contribution in [2.24, 2.45) is 17.8 Å². The van der Waals surface area contributed by atoms with Crippen LogP contribution in [0.1, 0.15) is 38.2 Å². The van der Waals surface area contributed by atoms with Gasteiger partial charge < -0.3 is 4.74 Å². The fourth-order valence-corrected chi connectivity index (χ4v) is 5.02. The first-order valence-electron chi connectivity index (χ1n) is 8.96. The number of esters is 1. The van der Waals surface area contributed by atoms with Gasteiger partial charge in [0.2, 0.25) is 0 Å². The van der Waals surface area contributed by atoms with Crippen molar-refractivity contribution in [1.82, 2.24) is 4.90 Å². The fraction of sp³-hybridized carbons (Fsp3) is 0.650.